The summed E-state index contributed by atoms with van der Waals surface area (Å²) >= 11 is 0. The van der Waals surface area contributed by atoms with Crippen LogP contribution in [0, 0.1) is 0 Å². The molecule has 12 heteroatoms. The Labute approximate surface area is 335 Å². The van der Waals surface area contributed by atoms with E-state index in [-0.39, 0.29) is 19.4 Å². The van der Waals surface area contributed by atoms with Crippen LogP contribution in [0.25, 0.3) is 0 Å². The van der Waals surface area contributed by atoms with E-state index in [2.05, 4.69) is 30.5 Å². The Balaban J connectivity index is 4.33. The molecule has 0 aliphatic rings. The van der Waals surface area contributed by atoms with Gasteiger partial charge in [-0.15, -0.1) is 0 Å². The zero-order chi connectivity index (χ0) is 40.7. The van der Waals surface area contributed by atoms with Crippen molar-refractivity contribution in [3.05, 3.63) is 12.2 Å². The Morgan fingerprint density at radius 1 is 0.545 bits per heavy atom. The van der Waals surface area contributed by atoms with Crippen LogP contribution in [-0.4, -0.2) is 59.9 Å². The van der Waals surface area contributed by atoms with Crippen LogP contribution in [-0.2, 0) is 37.5 Å². The van der Waals surface area contributed by atoms with Crippen molar-refractivity contribution in [3.8, 4) is 0 Å². The summed E-state index contributed by atoms with van der Waals surface area (Å²) in [6.07, 6.45) is 38.4. The lowest BCUT2D eigenvalue weighted by Crippen LogP contribution is -2.34. The van der Waals surface area contributed by atoms with E-state index in [1.165, 1.54) is 128 Å². The van der Waals surface area contributed by atoms with Crippen molar-refractivity contribution in [2.45, 2.75) is 225 Å². The first-order valence-electron chi connectivity index (χ1n) is 22.2. The normalized spacial score (nSPS) is 13.8. The zero-order valence-electron chi connectivity index (χ0n) is 35.0. The van der Waals surface area contributed by atoms with Gasteiger partial charge in [-0.1, -0.05) is 174 Å². The Kier molecular flexibility index (Phi) is 37.8. The number of hydrogen-bond acceptors (Lipinski definition) is 9. The molecule has 0 radical (unpaired) electrons. The number of hydrogen-bond donors (Lipinski definition) is 3. The molecule has 4 N–H and O–H groups in total. The molecule has 0 spiro atoms. The lowest BCUT2D eigenvalue weighted by Gasteiger charge is -2.20. The summed E-state index contributed by atoms with van der Waals surface area (Å²) in [4.78, 5) is 45.9. The lowest BCUT2D eigenvalue weighted by molar-refractivity contribution is -0.161. The highest BCUT2D eigenvalue weighted by atomic mass is 31.2. The van der Waals surface area contributed by atoms with Crippen molar-refractivity contribution in [1.29, 1.82) is 0 Å². The predicted molar refractivity (Wildman–Crippen MR) is 222 cm³/mol. The van der Waals surface area contributed by atoms with Crippen LogP contribution in [0.3, 0.4) is 0 Å². The molecule has 0 amide bonds. The Hall–Kier alpha value is -1.78. The molecular weight excluding hydrogens is 721 g/mol. The van der Waals surface area contributed by atoms with Crippen LogP contribution in [0.15, 0.2) is 12.2 Å². The van der Waals surface area contributed by atoms with Crippen LogP contribution in [0.1, 0.15) is 213 Å². The van der Waals surface area contributed by atoms with Gasteiger partial charge in [-0.3, -0.25) is 23.4 Å². The molecule has 0 aromatic heterocycles. The fraction of sp³-hybridized carbons (Fsp3) is 0.884. The first kappa shape index (κ1) is 53.2. The van der Waals surface area contributed by atoms with E-state index < -0.39 is 51.1 Å². The van der Waals surface area contributed by atoms with Crippen LogP contribution in [0.4, 0.5) is 0 Å². The summed E-state index contributed by atoms with van der Waals surface area (Å²) in [5, 5.41) is 8.89. The van der Waals surface area contributed by atoms with E-state index >= 15 is 0 Å². The predicted octanol–water partition coefficient (Wildman–Crippen LogP) is 11.7. The van der Waals surface area contributed by atoms with Gasteiger partial charge in [0.25, 0.3) is 0 Å². The van der Waals surface area contributed by atoms with Gasteiger partial charge in [-0.2, -0.15) is 0 Å². The molecule has 0 aliphatic heterocycles. The number of phosphoric ester groups is 1. The number of rotatable bonds is 42. The number of carboxylic acids is 1. The molecule has 11 nitrogen and oxygen atoms in total. The SMILES string of the molecule is CCCCCCCC/C=C\CCCCCCCCCC(=O)O[C@H](COC(=O)CCCCCCCCCCCCCCCC)COP(=O)(O)OC[C@H](N)C(=O)O. The Morgan fingerprint density at radius 3 is 1.33 bits per heavy atom. The highest BCUT2D eigenvalue weighted by molar-refractivity contribution is 7.47. The fourth-order valence-corrected chi connectivity index (χ4v) is 7.02. The average Bonchev–Trinajstić information content (AvgIpc) is 3.16. The lowest BCUT2D eigenvalue weighted by atomic mass is 10.0. The second-order valence-corrected chi connectivity index (χ2v) is 16.6. The standard InChI is InChI=1S/C43H82NO10P/c1-3-5-7-9-11-13-15-17-19-20-21-23-25-27-29-31-33-35-42(46)54-39(37-52-55(49,50)53-38-40(44)43(47)48)36-51-41(45)34-32-30-28-26-24-22-18-16-14-12-10-8-6-4-2/h17,19,39-40H,3-16,18,20-38,44H2,1-2H3,(H,47,48)(H,49,50)/b19-17-/t39-,40+/m1/s1. The van der Waals surface area contributed by atoms with Crippen molar-refractivity contribution >= 4 is 25.7 Å². The summed E-state index contributed by atoms with van der Waals surface area (Å²) in [6, 6.07) is -1.52. The van der Waals surface area contributed by atoms with Crippen molar-refractivity contribution in [2.24, 2.45) is 5.73 Å². The summed E-state index contributed by atoms with van der Waals surface area (Å²) in [7, 11) is -4.71. The van der Waals surface area contributed by atoms with Crippen LogP contribution < -0.4 is 5.73 Å². The van der Waals surface area contributed by atoms with Gasteiger partial charge in [0.15, 0.2) is 6.10 Å². The molecule has 55 heavy (non-hydrogen) atoms. The molecule has 0 saturated heterocycles. The van der Waals surface area contributed by atoms with Crippen LogP contribution >= 0.6 is 7.82 Å². The van der Waals surface area contributed by atoms with Crippen molar-refractivity contribution in [3.63, 3.8) is 0 Å². The maximum Gasteiger partial charge on any atom is 0.472 e. The number of esters is 2. The zero-order valence-corrected chi connectivity index (χ0v) is 35.9. The van der Waals surface area contributed by atoms with Crippen LogP contribution in [0.5, 0.6) is 0 Å². The first-order valence-corrected chi connectivity index (χ1v) is 23.7. The number of aliphatic carboxylic acids is 1. The summed E-state index contributed by atoms with van der Waals surface area (Å²) in [6.45, 7) is 2.82. The van der Waals surface area contributed by atoms with E-state index in [1.54, 1.807) is 0 Å². The third-order valence-corrected chi connectivity index (χ3v) is 10.7. The van der Waals surface area contributed by atoms with E-state index in [4.69, 9.17) is 24.8 Å². The molecule has 0 aliphatic carbocycles. The van der Waals surface area contributed by atoms with Gasteiger partial charge in [-0.25, -0.2) is 4.57 Å². The maximum absolute atomic E-state index is 12.6. The minimum Gasteiger partial charge on any atom is -0.480 e. The second kappa shape index (κ2) is 39.1. The molecule has 0 aromatic carbocycles. The Bertz CT molecular complexity index is 995. The molecule has 1 unspecified atom stereocenters. The number of ether oxygens (including phenoxy) is 2. The van der Waals surface area contributed by atoms with Crippen molar-refractivity contribution < 1.29 is 47.5 Å². The molecule has 0 bridgehead atoms. The maximum atomic E-state index is 12.6. The molecule has 0 fully saturated rings. The molecule has 0 heterocycles. The number of phosphoric acid groups is 1. The minimum atomic E-state index is -4.71. The number of carbonyl (C=O) groups is 3. The van der Waals surface area contributed by atoms with Crippen molar-refractivity contribution in [1.82, 2.24) is 0 Å². The number of nitrogens with two attached hydrogens (primary N) is 1. The number of allylic oxidation sites excluding steroid dienone is 2. The van der Waals surface area contributed by atoms with E-state index in [0.29, 0.717) is 12.8 Å². The first-order chi connectivity index (χ1) is 26.6. The monoisotopic (exact) mass is 804 g/mol. The van der Waals surface area contributed by atoms with Gasteiger partial charge in [-0.05, 0) is 38.5 Å². The minimum absolute atomic E-state index is 0.160. The molecule has 0 rings (SSSR count). The quantitative estimate of drug-likeness (QED) is 0.0232. The van der Waals surface area contributed by atoms with Gasteiger partial charge in [0.2, 0.25) is 0 Å². The second-order valence-electron chi connectivity index (χ2n) is 15.2. The topological polar surface area (TPSA) is 172 Å². The smallest absolute Gasteiger partial charge is 0.472 e. The molecule has 0 saturated carbocycles. The largest absolute Gasteiger partial charge is 0.480 e. The van der Waals surface area contributed by atoms with Crippen LogP contribution in [0.2, 0.25) is 0 Å². The van der Waals surface area contributed by atoms with Gasteiger partial charge >= 0.3 is 25.7 Å². The van der Waals surface area contributed by atoms with E-state index in [9.17, 15) is 23.8 Å². The molecule has 324 valence electrons. The van der Waals surface area contributed by atoms with E-state index in [0.717, 1.165) is 44.9 Å². The average molecular weight is 804 g/mol. The van der Waals surface area contributed by atoms with Crippen molar-refractivity contribution in [2.75, 3.05) is 19.8 Å². The molecule has 0 aromatic rings. The number of carbonyl (C=O) groups excluding carboxylic acids is 2. The molecule has 3 atom stereocenters. The Morgan fingerprint density at radius 2 is 0.909 bits per heavy atom. The van der Waals surface area contributed by atoms with Gasteiger partial charge in [0.05, 0.1) is 13.2 Å². The van der Waals surface area contributed by atoms with Gasteiger partial charge in [0.1, 0.15) is 12.6 Å². The highest BCUT2D eigenvalue weighted by Crippen LogP contribution is 2.43. The van der Waals surface area contributed by atoms with Gasteiger partial charge in [0, 0.05) is 12.8 Å². The highest BCUT2D eigenvalue weighted by Gasteiger charge is 2.28. The van der Waals surface area contributed by atoms with Gasteiger partial charge < -0.3 is 25.2 Å². The summed E-state index contributed by atoms with van der Waals surface area (Å²) in [5.41, 5.74) is 5.33. The fourth-order valence-electron chi connectivity index (χ4n) is 6.24. The third-order valence-electron chi connectivity index (χ3n) is 9.76. The number of carboxylic acid groups (broad SMARTS) is 1. The molecular formula is C43H82NO10P. The summed E-state index contributed by atoms with van der Waals surface area (Å²) in [5.74, 6) is -2.37. The van der Waals surface area contributed by atoms with E-state index in [1.807, 2.05) is 0 Å². The third kappa shape index (κ3) is 38.9. The summed E-state index contributed by atoms with van der Waals surface area (Å²) < 4.78 is 32.7. The number of unbranched alkanes of at least 4 members (excludes halogenated alkanes) is 26.